The number of carbonyl (C=O) groups is 1. The van der Waals surface area contributed by atoms with Gasteiger partial charge in [0, 0.05) is 0 Å². The molecule has 0 aromatic heterocycles. The predicted molar refractivity (Wildman–Crippen MR) is 51.3 cm³/mol. The summed E-state index contributed by atoms with van der Waals surface area (Å²) >= 11 is 0. The molecule has 0 rings (SSSR count). The Morgan fingerprint density at radius 3 is 2.15 bits per heavy atom. The average molecular weight is 188 g/mol. The maximum absolute atomic E-state index is 11.2. The predicted octanol–water partition coefficient (Wildman–Crippen LogP) is 1.59. The Labute approximate surface area is 80.1 Å². The summed E-state index contributed by atoms with van der Waals surface area (Å²) in [7, 11) is 0. The molecule has 0 aromatic rings. The van der Waals surface area contributed by atoms with Crippen molar-refractivity contribution in [3.05, 3.63) is 0 Å². The first-order valence-electron chi connectivity index (χ1n) is 4.59. The fourth-order valence-corrected chi connectivity index (χ4v) is 0.616. The Kier molecular flexibility index (Phi) is 4.40. The van der Waals surface area contributed by atoms with Gasteiger partial charge in [0.05, 0.1) is 18.6 Å². The number of aliphatic hydroxyl groups is 1. The highest BCUT2D eigenvalue weighted by Crippen LogP contribution is 2.14. The van der Waals surface area contributed by atoms with Crippen LogP contribution >= 0.6 is 0 Å². The minimum Gasteiger partial charge on any atom is -0.465 e. The van der Waals surface area contributed by atoms with E-state index in [9.17, 15) is 4.79 Å². The van der Waals surface area contributed by atoms with E-state index in [1.807, 2.05) is 20.8 Å². The second-order valence-electron chi connectivity index (χ2n) is 4.70. The molecule has 0 aromatic carbocycles. The summed E-state index contributed by atoms with van der Waals surface area (Å²) in [4.78, 5) is 11.2. The molecule has 0 unspecified atom stereocenters. The van der Waals surface area contributed by atoms with Crippen LogP contribution in [0.3, 0.4) is 0 Å². The second-order valence-corrected chi connectivity index (χ2v) is 4.70. The van der Waals surface area contributed by atoms with Gasteiger partial charge in [-0.25, -0.2) is 0 Å². The summed E-state index contributed by atoms with van der Waals surface area (Å²) in [6.45, 7) is 9.62. The monoisotopic (exact) mass is 188 g/mol. The van der Waals surface area contributed by atoms with Gasteiger partial charge in [-0.3, -0.25) is 4.79 Å². The highest BCUT2D eigenvalue weighted by atomic mass is 16.5. The van der Waals surface area contributed by atoms with E-state index in [1.54, 1.807) is 13.8 Å². The maximum atomic E-state index is 11.2. The largest absolute Gasteiger partial charge is 0.465 e. The lowest BCUT2D eigenvalue weighted by Gasteiger charge is -2.20. The highest BCUT2D eigenvalue weighted by Gasteiger charge is 2.21. The molecule has 0 aliphatic heterocycles. The van der Waals surface area contributed by atoms with Gasteiger partial charge in [0.25, 0.3) is 0 Å². The van der Waals surface area contributed by atoms with E-state index in [-0.39, 0.29) is 11.4 Å². The van der Waals surface area contributed by atoms with Gasteiger partial charge in [-0.05, 0) is 19.3 Å². The maximum Gasteiger partial charge on any atom is 0.311 e. The Balaban J connectivity index is 3.89. The van der Waals surface area contributed by atoms with Crippen LogP contribution in [0.2, 0.25) is 0 Å². The quantitative estimate of drug-likeness (QED) is 0.684. The van der Waals surface area contributed by atoms with Gasteiger partial charge in [0.2, 0.25) is 0 Å². The Morgan fingerprint density at radius 1 is 1.38 bits per heavy atom. The average Bonchev–Trinajstić information content (AvgIpc) is 1.97. The fraction of sp³-hybridized carbons (Fsp3) is 0.900. The van der Waals surface area contributed by atoms with E-state index in [4.69, 9.17) is 9.84 Å². The molecular formula is C10H20O3. The Hall–Kier alpha value is -0.570. The van der Waals surface area contributed by atoms with Crippen molar-refractivity contribution in [2.45, 2.75) is 40.7 Å². The van der Waals surface area contributed by atoms with Crippen LogP contribution in [-0.4, -0.2) is 23.8 Å². The van der Waals surface area contributed by atoms with Crippen LogP contribution < -0.4 is 0 Å². The summed E-state index contributed by atoms with van der Waals surface area (Å²) in [5, 5.41) is 9.12. The molecule has 0 heterocycles. The molecule has 0 aliphatic rings. The van der Waals surface area contributed by atoms with Crippen LogP contribution in [0, 0.1) is 11.3 Å². The number of aliphatic hydroxyl groups excluding tert-OH is 1. The van der Waals surface area contributed by atoms with Crippen molar-refractivity contribution in [2.75, 3.05) is 6.61 Å². The molecule has 0 aliphatic carbocycles. The van der Waals surface area contributed by atoms with Gasteiger partial charge in [-0.15, -0.1) is 0 Å². The molecule has 0 amide bonds. The topological polar surface area (TPSA) is 46.5 Å². The van der Waals surface area contributed by atoms with Crippen LogP contribution in [0.25, 0.3) is 0 Å². The molecule has 3 heteroatoms. The van der Waals surface area contributed by atoms with Gasteiger partial charge >= 0.3 is 5.97 Å². The van der Waals surface area contributed by atoms with Crippen LogP contribution in [0.4, 0.5) is 0 Å². The van der Waals surface area contributed by atoms with Crippen molar-refractivity contribution < 1.29 is 14.6 Å². The number of hydrogen-bond donors (Lipinski definition) is 1. The zero-order chi connectivity index (χ0) is 10.6. The summed E-state index contributed by atoms with van der Waals surface area (Å²) in [5.41, 5.74) is -0.0198. The molecular weight excluding hydrogens is 168 g/mol. The van der Waals surface area contributed by atoms with E-state index in [2.05, 4.69) is 0 Å². The first kappa shape index (κ1) is 12.4. The first-order valence-corrected chi connectivity index (χ1v) is 4.59. The SMILES string of the molecule is C[C@H](O)[C@@H](C)C(=O)OCC(C)(C)C. The molecule has 0 spiro atoms. The van der Waals surface area contributed by atoms with Gasteiger partial charge in [-0.2, -0.15) is 0 Å². The molecule has 0 saturated heterocycles. The Bertz CT molecular complexity index is 167. The number of carbonyl (C=O) groups excluding carboxylic acids is 1. The molecule has 0 bridgehead atoms. The molecule has 0 saturated carbocycles. The van der Waals surface area contributed by atoms with Gasteiger partial charge in [0.15, 0.2) is 0 Å². The number of esters is 1. The van der Waals surface area contributed by atoms with Gasteiger partial charge < -0.3 is 9.84 Å². The second kappa shape index (κ2) is 4.61. The van der Waals surface area contributed by atoms with Crippen molar-refractivity contribution in [1.82, 2.24) is 0 Å². The molecule has 1 N–H and O–H groups in total. The minimum absolute atomic E-state index is 0.0198. The molecule has 2 atom stereocenters. The summed E-state index contributed by atoms with van der Waals surface area (Å²) < 4.78 is 5.03. The molecule has 0 radical (unpaired) electrons. The first-order chi connectivity index (χ1) is 5.74. The standard InChI is InChI=1S/C10H20O3/c1-7(8(2)11)9(12)13-6-10(3,4)5/h7-8,11H,6H2,1-5H3/t7-,8+/m1/s1. The third-order valence-corrected chi connectivity index (χ3v) is 1.74. The van der Waals surface area contributed by atoms with Crippen molar-refractivity contribution in [3.63, 3.8) is 0 Å². The number of hydrogen-bond acceptors (Lipinski definition) is 3. The van der Waals surface area contributed by atoms with Crippen LogP contribution in [0.5, 0.6) is 0 Å². The zero-order valence-electron chi connectivity index (χ0n) is 9.13. The lowest BCUT2D eigenvalue weighted by molar-refractivity contribution is -0.154. The van der Waals surface area contributed by atoms with Crippen molar-refractivity contribution in [2.24, 2.45) is 11.3 Å². The van der Waals surface area contributed by atoms with E-state index in [0.717, 1.165) is 0 Å². The Morgan fingerprint density at radius 2 is 1.85 bits per heavy atom. The molecule has 0 fully saturated rings. The van der Waals surface area contributed by atoms with Gasteiger partial charge in [-0.1, -0.05) is 20.8 Å². The summed E-state index contributed by atoms with van der Waals surface area (Å²) in [5.74, 6) is -0.771. The van der Waals surface area contributed by atoms with E-state index in [1.165, 1.54) is 0 Å². The van der Waals surface area contributed by atoms with E-state index in [0.29, 0.717) is 6.61 Å². The summed E-state index contributed by atoms with van der Waals surface area (Å²) in [6.07, 6.45) is -0.646. The van der Waals surface area contributed by atoms with Crippen LogP contribution in [0.1, 0.15) is 34.6 Å². The van der Waals surface area contributed by atoms with E-state index < -0.39 is 12.0 Å². The summed E-state index contributed by atoms with van der Waals surface area (Å²) in [6, 6.07) is 0. The smallest absolute Gasteiger partial charge is 0.311 e. The number of rotatable bonds is 3. The minimum atomic E-state index is -0.646. The van der Waals surface area contributed by atoms with Crippen molar-refractivity contribution in [1.29, 1.82) is 0 Å². The number of ether oxygens (including phenoxy) is 1. The molecule has 78 valence electrons. The highest BCUT2D eigenvalue weighted by molar-refractivity contribution is 5.72. The lowest BCUT2D eigenvalue weighted by Crippen LogP contribution is -2.28. The van der Waals surface area contributed by atoms with Crippen LogP contribution in [0.15, 0.2) is 0 Å². The normalized spacial score (nSPS) is 16.5. The lowest BCUT2D eigenvalue weighted by atomic mass is 9.98. The van der Waals surface area contributed by atoms with Crippen LogP contribution in [-0.2, 0) is 9.53 Å². The fourth-order valence-electron chi connectivity index (χ4n) is 0.616. The third kappa shape index (κ3) is 5.64. The zero-order valence-corrected chi connectivity index (χ0v) is 9.13. The molecule has 13 heavy (non-hydrogen) atoms. The van der Waals surface area contributed by atoms with Crippen molar-refractivity contribution >= 4 is 5.97 Å². The van der Waals surface area contributed by atoms with Crippen molar-refractivity contribution in [3.8, 4) is 0 Å². The van der Waals surface area contributed by atoms with Gasteiger partial charge in [0.1, 0.15) is 0 Å². The van der Waals surface area contributed by atoms with E-state index >= 15 is 0 Å². The third-order valence-electron chi connectivity index (χ3n) is 1.74. The molecule has 3 nitrogen and oxygen atoms in total.